The normalized spacial score (nSPS) is 16.1. The summed E-state index contributed by atoms with van der Waals surface area (Å²) in [5.74, 6) is 0.275. The fourth-order valence-corrected chi connectivity index (χ4v) is 3.93. The van der Waals surface area contributed by atoms with Crippen LogP contribution in [0.1, 0.15) is 31.2 Å². The van der Waals surface area contributed by atoms with E-state index in [1.54, 1.807) is 0 Å². The van der Waals surface area contributed by atoms with E-state index in [-0.39, 0.29) is 11.8 Å². The van der Waals surface area contributed by atoms with Crippen LogP contribution in [0.25, 0.3) is 10.2 Å². The number of rotatable bonds is 2. The second-order valence-corrected chi connectivity index (χ2v) is 6.53. The van der Waals surface area contributed by atoms with Gasteiger partial charge in [-0.05, 0) is 37.5 Å². The van der Waals surface area contributed by atoms with E-state index >= 15 is 0 Å². The molecule has 19 heavy (non-hydrogen) atoms. The van der Waals surface area contributed by atoms with E-state index in [0.29, 0.717) is 10.2 Å². The number of benzene rings is 1. The minimum atomic E-state index is 0.111. The van der Waals surface area contributed by atoms with Crippen LogP contribution in [-0.4, -0.2) is 10.9 Å². The Morgan fingerprint density at radius 1 is 1.42 bits per heavy atom. The Bertz CT molecular complexity index is 632. The number of fused-ring (bicyclic) bond motifs is 1. The van der Waals surface area contributed by atoms with E-state index in [4.69, 9.17) is 11.6 Å². The lowest BCUT2D eigenvalue weighted by atomic mass is 10.1. The Morgan fingerprint density at radius 3 is 2.89 bits per heavy atom. The number of hydrogen-bond acceptors (Lipinski definition) is 3. The van der Waals surface area contributed by atoms with Gasteiger partial charge in [0.2, 0.25) is 5.91 Å². The fraction of sp³-hybridized carbons (Fsp3) is 0.429. The van der Waals surface area contributed by atoms with E-state index in [1.807, 2.05) is 19.1 Å². The zero-order valence-electron chi connectivity index (χ0n) is 10.7. The molecule has 3 rings (SSSR count). The van der Waals surface area contributed by atoms with Crippen molar-refractivity contribution in [2.75, 3.05) is 5.32 Å². The summed E-state index contributed by atoms with van der Waals surface area (Å²) in [6.07, 6.45) is 4.32. The van der Waals surface area contributed by atoms with Crippen molar-refractivity contribution in [3.8, 4) is 0 Å². The first-order valence-corrected chi connectivity index (χ1v) is 7.70. The summed E-state index contributed by atoms with van der Waals surface area (Å²) in [6, 6.07) is 3.79. The fourth-order valence-electron chi connectivity index (χ4n) is 2.60. The molecule has 0 bridgehead atoms. The van der Waals surface area contributed by atoms with Crippen molar-refractivity contribution in [1.29, 1.82) is 0 Å². The van der Waals surface area contributed by atoms with Gasteiger partial charge in [0.1, 0.15) is 0 Å². The molecule has 1 N–H and O–H groups in total. The molecule has 0 saturated heterocycles. The number of halogens is 1. The SMILES string of the molecule is Cc1cc(Cl)cc2sc(NC(=O)C3CCCC3)nc12. The highest BCUT2D eigenvalue weighted by Crippen LogP contribution is 2.32. The Morgan fingerprint density at radius 2 is 2.16 bits per heavy atom. The molecule has 100 valence electrons. The summed E-state index contributed by atoms with van der Waals surface area (Å²) in [7, 11) is 0. The minimum absolute atomic E-state index is 0.111. The maximum atomic E-state index is 12.1. The Kier molecular flexibility index (Phi) is 3.46. The second kappa shape index (κ2) is 5.10. The molecule has 1 amide bonds. The number of nitrogens with one attached hydrogen (secondary N) is 1. The van der Waals surface area contributed by atoms with Crippen LogP contribution in [0, 0.1) is 12.8 Å². The van der Waals surface area contributed by atoms with Crippen molar-refractivity contribution in [1.82, 2.24) is 4.98 Å². The minimum Gasteiger partial charge on any atom is -0.302 e. The van der Waals surface area contributed by atoms with Crippen LogP contribution in [0.2, 0.25) is 5.02 Å². The van der Waals surface area contributed by atoms with E-state index in [0.717, 1.165) is 41.5 Å². The summed E-state index contributed by atoms with van der Waals surface area (Å²) < 4.78 is 1.02. The quantitative estimate of drug-likeness (QED) is 0.892. The van der Waals surface area contributed by atoms with Gasteiger partial charge in [0.25, 0.3) is 0 Å². The van der Waals surface area contributed by atoms with E-state index in [9.17, 15) is 4.79 Å². The zero-order valence-corrected chi connectivity index (χ0v) is 12.3. The van der Waals surface area contributed by atoms with Crippen LogP contribution in [0.15, 0.2) is 12.1 Å². The van der Waals surface area contributed by atoms with Crippen molar-refractivity contribution in [2.45, 2.75) is 32.6 Å². The molecule has 1 fully saturated rings. The van der Waals surface area contributed by atoms with E-state index in [1.165, 1.54) is 11.3 Å². The topological polar surface area (TPSA) is 42.0 Å². The molecule has 0 atom stereocenters. The number of aryl methyl sites for hydroxylation is 1. The molecule has 1 heterocycles. The van der Waals surface area contributed by atoms with Gasteiger partial charge in [-0.2, -0.15) is 0 Å². The van der Waals surface area contributed by atoms with Crippen LogP contribution >= 0.6 is 22.9 Å². The number of amides is 1. The first-order chi connectivity index (χ1) is 9.13. The molecule has 1 aliphatic carbocycles. The van der Waals surface area contributed by atoms with Gasteiger partial charge < -0.3 is 5.32 Å². The number of hydrogen-bond donors (Lipinski definition) is 1. The molecule has 0 aliphatic heterocycles. The monoisotopic (exact) mass is 294 g/mol. The first kappa shape index (κ1) is 12.9. The smallest absolute Gasteiger partial charge is 0.229 e. The summed E-state index contributed by atoms with van der Waals surface area (Å²) in [5, 5.41) is 4.33. The molecule has 1 aromatic carbocycles. The largest absolute Gasteiger partial charge is 0.302 e. The predicted octanol–water partition coefficient (Wildman–Crippen LogP) is 4.39. The molecule has 1 aliphatic rings. The lowest BCUT2D eigenvalue weighted by molar-refractivity contribution is -0.119. The average Bonchev–Trinajstić information content (AvgIpc) is 2.96. The van der Waals surface area contributed by atoms with Gasteiger partial charge >= 0.3 is 0 Å². The average molecular weight is 295 g/mol. The van der Waals surface area contributed by atoms with E-state index < -0.39 is 0 Å². The molecule has 5 heteroatoms. The summed E-state index contributed by atoms with van der Waals surface area (Å²) in [6.45, 7) is 1.98. The van der Waals surface area contributed by atoms with Crippen molar-refractivity contribution in [2.24, 2.45) is 5.92 Å². The van der Waals surface area contributed by atoms with Crippen LogP contribution in [-0.2, 0) is 4.79 Å². The van der Waals surface area contributed by atoms with Crippen molar-refractivity contribution in [3.63, 3.8) is 0 Å². The number of carbonyl (C=O) groups is 1. The molecule has 0 spiro atoms. The van der Waals surface area contributed by atoms with Crippen LogP contribution in [0.5, 0.6) is 0 Å². The maximum Gasteiger partial charge on any atom is 0.229 e. The molecule has 3 nitrogen and oxygen atoms in total. The molecular formula is C14H15ClN2OS. The summed E-state index contributed by atoms with van der Waals surface area (Å²) >= 11 is 7.52. The lowest BCUT2D eigenvalue weighted by Crippen LogP contribution is -2.20. The number of carbonyl (C=O) groups excluding carboxylic acids is 1. The number of anilines is 1. The van der Waals surface area contributed by atoms with E-state index in [2.05, 4.69) is 10.3 Å². The number of nitrogens with zero attached hydrogens (tertiary/aromatic N) is 1. The molecule has 0 unspecified atom stereocenters. The third kappa shape index (κ3) is 2.60. The maximum absolute atomic E-state index is 12.1. The van der Waals surface area contributed by atoms with Crippen LogP contribution in [0.4, 0.5) is 5.13 Å². The molecule has 2 aromatic rings. The van der Waals surface area contributed by atoms with Gasteiger partial charge in [0, 0.05) is 10.9 Å². The predicted molar refractivity (Wildman–Crippen MR) is 80.0 cm³/mol. The van der Waals surface area contributed by atoms with Crippen LogP contribution in [0.3, 0.4) is 0 Å². The number of aromatic nitrogens is 1. The highest BCUT2D eigenvalue weighted by atomic mass is 35.5. The third-order valence-electron chi connectivity index (χ3n) is 3.61. The van der Waals surface area contributed by atoms with Gasteiger partial charge in [0.05, 0.1) is 10.2 Å². The zero-order chi connectivity index (χ0) is 13.4. The van der Waals surface area contributed by atoms with Gasteiger partial charge in [-0.15, -0.1) is 0 Å². The standard InChI is InChI=1S/C14H15ClN2OS/c1-8-6-10(15)7-11-12(8)16-14(19-11)17-13(18)9-4-2-3-5-9/h6-7,9H,2-5H2,1H3,(H,16,17,18). The highest BCUT2D eigenvalue weighted by molar-refractivity contribution is 7.22. The molecular weight excluding hydrogens is 280 g/mol. The highest BCUT2D eigenvalue weighted by Gasteiger charge is 2.23. The van der Waals surface area contributed by atoms with Crippen molar-refractivity contribution < 1.29 is 4.79 Å². The number of thiazole rings is 1. The molecule has 1 aromatic heterocycles. The Labute approximate surface area is 121 Å². The van der Waals surface area contributed by atoms with Crippen molar-refractivity contribution >= 4 is 44.2 Å². The second-order valence-electron chi connectivity index (χ2n) is 5.06. The molecule has 1 saturated carbocycles. The van der Waals surface area contributed by atoms with Crippen molar-refractivity contribution in [3.05, 3.63) is 22.7 Å². The van der Waals surface area contributed by atoms with Crippen LogP contribution < -0.4 is 5.32 Å². The Hall–Kier alpha value is -1.13. The first-order valence-electron chi connectivity index (χ1n) is 6.51. The van der Waals surface area contributed by atoms with Gasteiger partial charge in [-0.25, -0.2) is 4.98 Å². The Balaban J connectivity index is 1.85. The third-order valence-corrected chi connectivity index (χ3v) is 4.74. The summed E-state index contributed by atoms with van der Waals surface area (Å²) in [4.78, 5) is 16.6. The summed E-state index contributed by atoms with van der Waals surface area (Å²) in [5.41, 5.74) is 1.97. The lowest BCUT2D eigenvalue weighted by Gasteiger charge is -2.07. The molecule has 0 radical (unpaired) electrons. The van der Waals surface area contributed by atoms with Gasteiger partial charge in [0.15, 0.2) is 5.13 Å². The van der Waals surface area contributed by atoms with Gasteiger partial charge in [-0.3, -0.25) is 4.79 Å². The van der Waals surface area contributed by atoms with Gasteiger partial charge in [-0.1, -0.05) is 35.8 Å².